The number of benzene rings is 1. The molecule has 0 radical (unpaired) electrons. The van der Waals surface area contributed by atoms with Crippen molar-refractivity contribution in [3.05, 3.63) is 33.6 Å². The van der Waals surface area contributed by atoms with Gasteiger partial charge in [-0.1, -0.05) is 0 Å². The third kappa shape index (κ3) is 4.09. The van der Waals surface area contributed by atoms with Gasteiger partial charge in [0.15, 0.2) is 0 Å². The predicted octanol–water partition coefficient (Wildman–Crippen LogP) is 2.59. The predicted molar refractivity (Wildman–Crippen MR) is 116 cm³/mol. The highest BCUT2D eigenvalue weighted by atomic mass is 127. The van der Waals surface area contributed by atoms with Gasteiger partial charge in [-0.3, -0.25) is 0 Å². The van der Waals surface area contributed by atoms with Crippen molar-refractivity contribution < 1.29 is 33.7 Å². The third-order valence-electron chi connectivity index (χ3n) is 3.46. The molecule has 1 N–H and O–H groups in total. The van der Waals surface area contributed by atoms with Crippen LogP contribution in [0.5, 0.6) is 0 Å². The van der Waals surface area contributed by atoms with E-state index >= 15 is 0 Å². The third-order valence-corrected chi connectivity index (χ3v) is 6.19. The Morgan fingerprint density at radius 1 is 1.12 bits per heavy atom. The first kappa shape index (κ1) is 21.6. The van der Waals surface area contributed by atoms with Crippen LogP contribution in [0.4, 0.5) is 5.69 Å². The Morgan fingerprint density at radius 2 is 1.73 bits per heavy atom. The topological polar surface area (TPSA) is 102 Å². The van der Waals surface area contributed by atoms with Crippen molar-refractivity contribution in [3.8, 4) is 0 Å². The summed E-state index contributed by atoms with van der Waals surface area (Å²) >= 11 is 5.90. The van der Waals surface area contributed by atoms with E-state index in [2.05, 4.69) is 0 Å². The van der Waals surface area contributed by atoms with Crippen LogP contribution in [-0.2, 0) is 23.8 Å². The molecule has 1 aromatic carbocycles. The molecular weight excluding hydrogens is 687 g/mol. The Hall–Kier alpha value is -0.680. The van der Waals surface area contributed by atoms with Crippen LogP contribution in [0.15, 0.2) is 17.3 Å². The molecule has 0 saturated carbocycles. The molecule has 0 bridgehead atoms. The molecular formula is C15H12I3NO7. The molecule has 0 aromatic heterocycles. The first-order valence-electron chi connectivity index (χ1n) is 6.90. The van der Waals surface area contributed by atoms with Gasteiger partial charge in [0.25, 0.3) is 0 Å². The van der Waals surface area contributed by atoms with Crippen LogP contribution >= 0.6 is 67.8 Å². The number of aromatic carboxylic acids is 1. The lowest BCUT2D eigenvalue weighted by Gasteiger charge is -2.33. The number of nitrogens with zero attached hydrogens (tertiary/aromatic N) is 1. The van der Waals surface area contributed by atoms with Crippen molar-refractivity contribution in [2.24, 2.45) is 0 Å². The molecule has 140 valence electrons. The van der Waals surface area contributed by atoms with Gasteiger partial charge >= 0.3 is 17.9 Å². The van der Waals surface area contributed by atoms with Crippen molar-refractivity contribution >= 4 is 91.4 Å². The first-order chi connectivity index (χ1) is 12.2. The summed E-state index contributed by atoms with van der Waals surface area (Å²) in [5.41, 5.74) is 0.535. The standard InChI is InChI=1S/C15H12I3NO7/c1-24-14(22)6-4-26-5-19(11(6)15(23)25-2)12-8(17)3-7(16)9(10(12)18)13(20)21/h3H,4-5H2,1-2H3,(H,20,21). The molecule has 0 amide bonds. The minimum atomic E-state index is -1.09. The van der Waals surface area contributed by atoms with Crippen LogP contribution in [0.3, 0.4) is 0 Å². The maximum Gasteiger partial charge on any atom is 0.355 e. The highest BCUT2D eigenvalue weighted by molar-refractivity contribution is 14.1. The quantitative estimate of drug-likeness (QED) is 0.379. The number of rotatable bonds is 4. The fourth-order valence-corrected chi connectivity index (χ4v) is 6.76. The van der Waals surface area contributed by atoms with Crippen molar-refractivity contribution in [2.75, 3.05) is 32.5 Å². The molecule has 2 rings (SSSR count). The highest BCUT2D eigenvalue weighted by Crippen LogP contribution is 2.38. The Labute approximate surface area is 189 Å². The summed E-state index contributed by atoms with van der Waals surface area (Å²) in [6, 6.07) is 1.68. The van der Waals surface area contributed by atoms with Gasteiger partial charge in [-0.05, 0) is 73.8 Å². The van der Waals surface area contributed by atoms with Crippen molar-refractivity contribution in [2.45, 2.75) is 0 Å². The number of halogens is 3. The molecule has 11 heteroatoms. The molecule has 0 atom stereocenters. The SMILES string of the molecule is COC(=O)C1=C(C(=O)OC)N(c2c(I)cc(I)c(C(=O)O)c2I)COC1. The number of ether oxygens (including phenoxy) is 3. The van der Waals surface area contributed by atoms with Crippen LogP contribution in [0.2, 0.25) is 0 Å². The van der Waals surface area contributed by atoms with Crippen LogP contribution in [-0.4, -0.2) is 50.6 Å². The summed E-state index contributed by atoms with van der Waals surface area (Å²) in [6.07, 6.45) is 0. The summed E-state index contributed by atoms with van der Waals surface area (Å²) in [7, 11) is 2.40. The Bertz CT molecular complexity index is 822. The average molecular weight is 699 g/mol. The number of carbonyl (C=O) groups is 3. The van der Waals surface area contributed by atoms with Gasteiger partial charge in [0.1, 0.15) is 12.4 Å². The molecule has 1 heterocycles. The molecule has 8 nitrogen and oxygen atoms in total. The number of hydrogen-bond acceptors (Lipinski definition) is 7. The Kier molecular flexibility index (Phi) is 7.49. The second-order valence-corrected chi connectivity index (χ2v) is 8.30. The lowest BCUT2D eigenvalue weighted by molar-refractivity contribution is -0.140. The minimum Gasteiger partial charge on any atom is -0.478 e. The van der Waals surface area contributed by atoms with Gasteiger partial charge in [-0.25, -0.2) is 14.4 Å². The number of esters is 2. The summed E-state index contributed by atoms with van der Waals surface area (Å²) in [4.78, 5) is 37.5. The van der Waals surface area contributed by atoms with E-state index in [0.29, 0.717) is 16.4 Å². The van der Waals surface area contributed by atoms with E-state index < -0.39 is 17.9 Å². The summed E-state index contributed by atoms with van der Waals surface area (Å²) in [6.45, 7) is -0.159. The molecule has 26 heavy (non-hydrogen) atoms. The van der Waals surface area contributed by atoms with E-state index in [1.54, 1.807) is 6.07 Å². The highest BCUT2D eigenvalue weighted by Gasteiger charge is 2.35. The zero-order chi connectivity index (χ0) is 19.6. The average Bonchev–Trinajstić information content (AvgIpc) is 2.59. The fourth-order valence-electron chi connectivity index (χ4n) is 2.34. The Balaban J connectivity index is 2.77. The van der Waals surface area contributed by atoms with Gasteiger partial charge in [0.05, 0.1) is 41.2 Å². The van der Waals surface area contributed by atoms with Crippen molar-refractivity contribution in [1.82, 2.24) is 0 Å². The largest absolute Gasteiger partial charge is 0.478 e. The maximum absolute atomic E-state index is 12.4. The van der Waals surface area contributed by atoms with E-state index in [1.807, 2.05) is 67.8 Å². The normalized spacial score (nSPS) is 14.3. The lowest BCUT2D eigenvalue weighted by atomic mass is 10.1. The number of anilines is 1. The van der Waals surface area contributed by atoms with Gasteiger partial charge in [0.2, 0.25) is 0 Å². The summed E-state index contributed by atoms with van der Waals surface area (Å²) in [5.74, 6) is -2.55. The summed E-state index contributed by atoms with van der Waals surface area (Å²) < 4.78 is 16.7. The van der Waals surface area contributed by atoms with E-state index in [4.69, 9.17) is 14.2 Å². The number of carboxylic acid groups (broad SMARTS) is 1. The molecule has 0 aliphatic carbocycles. The second kappa shape index (κ2) is 9.01. The van der Waals surface area contributed by atoms with Gasteiger partial charge < -0.3 is 24.2 Å². The van der Waals surface area contributed by atoms with Gasteiger partial charge in [-0.2, -0.15) is 0 Å². The van der Waals surface area contributed by atoms with Crippen molar-refractivity contribution in [1.29, 1.82) is 0 Å². The number of carbonyl (C=O) groups excluding carboxylic acids is 2. The van der Waals surface area contributed by atoms with Gasteiger partial charge in [0, 0.05) is 7.14 Å². The second-order valence-electron chi connectivity index (χ2n) is 4.90. The number of carboxylic acids is 1. The van der Waals surface area contributed by atoms with E-state index in [0.717, 1.165) is 0 Å². The van der Waals surface area contributed by atoms with Crippen LogP contribution < -0.4 is 4.90 Å². The van der Waals surface area contributed by atoms with Gasteiger partial charge in [-0.15, -0.1) is 0 Å². The van der Waals surface area contributed by atoms with E-state index in [1.165, 1.54) is 19.1 Å². The first-order valence-corrected chi connectivity index (χ1v) is 10.1. The van der Waals surface area contributed by atoms with Crippen LogP contribution in [0.25, 0.3) is 0 Å². The molecule has 0 spiro atoms. The van der Waals surface area contributed by atoms with Crippen LogP contribution in [0.1, 0.15) is 10.4 Å². The molecule has 1 aliphatic heterocycles. The molecule has 0 unspecified atom stereocenters. The molecule has 1 aromatic rings. The van der Waals surface area contributed by atoms with Crippen LogP contribution in [0, 0.1) is 10.7 Å². The molecule has 0 saturated heterocycles. The maximum atomic E-state index is 12.4. The Morgan fingerprint density at radius 3 is 2.27 bits per heavy atom. The minimum absolute atomic E-state index is 0.00706. The molecule has 0 fully saturated rings. The monoisotopic (exact) mass is 699 g/mol. The van der Waals surface area contributed by atoms with E-state index in [-0.39, 0.29) is 30.2 Å². The van der Waals surface area contributed by atoms with E-state index in [9.17, 15) is 19.5 Å². The zero-order valence-corrected chi connectivity index (χ0v) is 19.9. The molecule has 1 aliphatic rings. The smallest absolute Gasteiger partial charge is 0.355 e. The number of methoxy groups -OCH3 is 2. The summed E-state index contributed by atoms with van der Waals surface area (Å²) in [5, 5.41) is 9.52. The number of hydrogen-bond donors (Lipinski definition) is 1. The van der Waals surface area contributed by atoms with Crippen molar-refractivity contribution in [3.63, 3.8) is 0 Å². The zero-order valence-electron chi connectivity index (χ0n) is 13.5. The lowest BCUT2D eigenvalue weighted by Crippen LogP contribution is -2.39. The fraction of sp³-hybridized carbons (Fsp3) is 0.267.